The van der Waals surface area contributed by atoms with Crippen molar-refractivity contribution in [1.82, 2.24) is 20.0 Å². The first-order valence-electron chi connectivity index (χ1n) is 7.70. The third-order valence-electron chi connectivity index (χ3n) is 4.01. The Morgan fingerprint density at radius 2 is 2.23 bits per heavy atom. The highest BCUT2D eigenvalue weighted by atomic mass is 35.5. The molecule has 1 atom stereocenters. The first-order chi connectivity index (χ1) is 10.4. The minimum atomic E-state index is 0.00426. The topological polar surface area (TPSA) is 50.2 Å². The van der Waals surface area contributed by atoms with Crippen molar-refractivity contribution in [2.75, 3.05) is 19.6 Å². The summed E-state index contributed by atoms with van der Waals surface area (Å²) in [6, 6.07) is 0. The summed E-state index contributed by atoms with van der Waals surface area (Å²) in [7, 11) is 1.87. The van der Waals surface area contributed by atoms with Gasteiger partial charge in [0, 0.05) is 38.3 Å². The van der Waals surface area contributed by atoms with Gasteiger partial charge in [-0.15, -0.1) is 0 Å². The Bertz CT molecular complexity index is 575. The Balaban J connectivity index is 1.83. The van der Waals surface area contributed by atoms with E-state index in [0.29, 0.717) is 5.92 Å². The van der Waals surface area contributed by atoms with Crippen LogP contribution < -0.4 is 5.32 Å². The summed E-state index contributed by atoms with van der Waals surface area (Å²) < 4.78 is 1.72. The summed E-state index contributed by atoms with van der Waals surface area (Å²) in [5.41, 5.74) is 3.12. The largest absolute Gasteiger partial charge is 0.352 e. The zero-order valence-corrected chi connectivity index (χ0v) is 14.6. The van der Waals surface area contributed by atoms with Crippen LogP contribution in [0.5, 0.6) is 0 Å². The third-order valence-corrected chi connectivity index (χ3v) is 4.48. The number of amides is 1. The Morgan fingerprint density at radius 1 is 1.50 bits per heavy atom. The second kappa shape index (κ2) is 7.29. The van der Waals surface area contributed by atoms with Gasteiger partial charge in [0.25, 0.3) is 0 Å². The molecular formula is C16H25ClN4O. The van der Waals surface area contributed by atoms with E-state index in [9.17, 15) is 4.79 Å². The van der Waals surface area contributed by atoms with Crippen LogP contribution in [-0.2, 0) is 18.4 Å². The highest BCUT2D eigenvalue weighted by Crippen LogP contribution is 2.24. The molecule has 0 spiro atoms. The van der Waals surface area contributed by atoms with Gasteiger partial charge in [-0.05, 0) is 39.7 Å². The van der Waals surface area contributed by atoms with E-state index in [0.717, 1.165) is 54.6 Å². The molecule has 122 valence electrons. The molecule has 0 radical (unpaired) electrons. The number of hydrogen-bond donors (Lipinski definition) is 1. The number of likely N-dealkylation sites (tertiary alicyclic amines) is 1. The van der Waals surface area contributed by atoms with Crippen molar-refractivity contribution in [2.45, 2.75) is 33.7 Å². The van der Waals surface area contributed by atoms with E-state index in [1.165, 1.54) is 0 Å². The molecule has 5 nitrogen and oxygen atoms in total. The van der Waals surface area contributed by atoms with Gasteiger partial charge in [0.1, 0.15) is 5.15 Å². The van der Waals surface area contributed by atoms with Crippen LogP contribution in [-0.4, -0.2) is 40.2 Å². The Labute approximate surface area is 137 Å². The first kappa shape index (κ1) is 17.0. The quantitative estimate of drug-likeness (QED) is 0.845. The van der Waals surface area contributed by atoms with Gasteiger partial charge in [0.2, 0.25) is 5.91 Å². The van der Waals surface area contributed by atoms with Crippen molar-refractivity contribution in [2.24, 2.45) is 13.0 Å². The van der Waals surface area contributed by atoms with E-state index >= 15 is 0 Å². The van der Waals surface area contributed by atoms with Gasteiger partial charge in [-0.25, -0.2) is 0 Å². The lowest BCUT2D eigenvalue weighted by molar-refractivity contribution is -0.116. The number of allylic oxidation sites excluding steroid dienone is 1. The molecule has 1 N–H and O–H groups in total. The number of nitrogens with zero attached hydrogens (tertiary/aromatic N) is 3. The molecule has 1 aliphatic heterocycles. The third kappa shape index (κ3) is 4.34. The van der Waals surface area contributed by atoms with Gasteiger partial charge in [-0.1, -0.05) is 17.2 Å². The minimum absolute atomic E-state index is 0.00426. The zero-order valence-electron chi connectivity index (χ0n) is 13.8. The monoisotopic (exact) mass is 324 g/mol. The van der Waals surface area contributed by atoms with Crippen LogP contribution in [0.2, 0.25) is 5.15 Å². The second-order valence-electron chi connectivity index (χ2n) is 6.34. The van der Waals surface area contributed by atoms with Crippen LogP contribution >= 0.6 is 11.6 Å². The Hall–Kier alpha value is -1.33. The highest BCUT2D eigenvalue weighted by molar-refractivity contribution is 6.30. The summed E-state index contributed by atoms with van der Waals surface area (Å²) in [4.78, 5) is 14.0. The van der Waals surface area contributed by atoms with E-state index in [4.69, 9.17) is 11.6 Å². The predicted molar refractivity (Wildman–Crippen MR) is 88.8 cm³/mol. The molecule has 2 rings (SSSR count). The number of hydrogen-bond acceptors (Lipinski definition) is 3. The lowest BCUT2D eigenvalue weighted by Gasteiger charge is -2.16. The van der Waals surface area contributed by atoms with Crippen molar-refractivity contribution in [3.8, 4) is 0 Å². The highest BCUT2D eigenvalue weighted by Gasteiger charge is 2.24. The van der Waals surface area contributed by atoms with Gasteiger partial charge in [0.15, 0.2) is 0 Å². The van der Waals surface area contributed by atoms with E-state index in [1.54, 1.807) is 10.8 Å². The summed E-state index contributed by atoms with van der Waals surface area (Å²) in [5.74, 6) is 0.509. The Morgan fingerprint density at radius 3 is 2.82 bits per heavy atom. The fourth-order valence-corrected chi connectivity index (χ4v) is 3.09. The maximum absolute atomic E-state index is 11.6. The molecule has 1 aromatic rings. The molecule has 0 aliphatic carbocycles. The number of rotatable bonds is 5. The molecule has 1 aliphatic rings. The Kier molecular flexibility index (Phi) is 5.64. The predicted octanol–water partition coefficient (Wildman–Crippen LogP) is 2.29. The standard InChI is InChI=1S/C16H25ClN4O/c1-11(2)7-15(22)18-8-13-5-6-21(9-13)10-14-12(3)19-20(4)16(14)17/h7,13H,5-6,8-10H2,1-4H3,(H,18,22)/t13-/m1/s1. The lowest BCUT2D eigenvalue weighted by Crippen LogP contribution is -2.30. The van der Waals surface area contributed by atoms with Crippen LogP contribution in [0, 0.1) is 12.8 Å². The maximum atomic E-state index is 11.6. The molecule has 0 aromatic carbocycles. The van der Waals surface area contributed by atoms with Crippen molar-refractivity contribution >= 4 is 17.5 Å². The molecule has 0 unspecified atom stereocenters. The SMILES string of the molecule is CC(C)=CC(=O)NC[C@H]1CCN(Cc2c(C)nn(C)c2Cl)C1. The van der Waals surface area contributed by atoms with E-state index in [2.05, 4.69) is 15.3 Å². The molecule has 6 heteroatoms. The van der Waals surface area contributed by atoms with E-state index in [-0.39, 0.29) is 5.91 Å². The lowest BCUT2D eigenvalue weighted by atomic mass is 10.1. The van der Waals surface area contributed by atoms with E-state index in [1.807, 2.05) is 27.8 Å². The van der Waals surface area contributed by atoms with Gasteiger partial charge in [0.05, 0.1) is 5.69 Å². The normalized spacial score (nSPS) is 18.5. The van der Waals surface area contributed by atoms with Crippen molar-refractivity contribution in [3.05, 3.63) is 28.1 Å². The molecular weight excluding hydrogens is 300 g/mol. The maximum Gasteiger partial charge on any atom is 0.243 e. The van der Waals surface area contributed by atoms with Crippen molar-refractivity contribution in [3.63, 3.8) is 0 Å². The fraction of sp³-hybridized carbons (Fsp3) is 0.625. The second-order valence-corrected chi connectivity index (χ2v) is 6.69. The van der Waals surface area contributed by atoms with Gasteiger partial charge < -0.3 is 5.32 Å². The first-order valence-corrected chi connectivity index (χ1v) is 8.07. The molecule has 1 fully saturated rings. The summed E-state index contributed by atoms with van der Waals surface area (Å²) in [6.45, 7) is 9.44. The number of aromatic nitrogens is 2. The molecule has 0 bridgehead atoms. The van der Waals surface area contributed by atoms with Crippen molar-refractivity contribution < 1.29 is 4.79 Å². The van der Waals surface area contributed by atoms with Crippen LogP contribution in [0.15, 0.2) is 11.6 Å². The number of nitrogens with one attached hydrogen (secondary N) is 1. The summed E-state index contributed by atoms with van der Waals surface area (Å²) in [5, 5.41) is 8.06. The molecule has 2 heterocycles. The molecule has 1 amide bonds. The molecule has 0 saturated carbocycles. The van der Waals surface area contributed by atoms with Crippen LogP contribution in [0.25, 0.3) is 0 Å². The van der Waals surface area contributed by atoms with Crippen LogP contribution in [0.1, 0.15) is 31.5 Å². The van der Waals surface area contributed by atoms with Crippen LogP contribution in [0.3, 0.4) is 0 Å². The number of halogens is 1. The number of carbonyl (C=O) groups is 1. The molecule has 1 aromatic heterocycles. The van der Waals surface area contributed by atoms with Gasteiger partial charge >= 0.3 is 0 Å². The van der Waals surface area contributed by atoms with Gasteiger partial charge in [-0.3, -0.25) is 14.4 Å². The number of aryl methyl sites for hydroxylation is 2. The summed E-state index contributed by atoms with van der Waals surface area (Å²) >= 11 is 6.29. The minimum Gasteiger partial charge on any atom is -0.352 e. The molecule has 22 heavy (non-hydrogen) atoms. The van der Waals surface area contributed by atoms with E-state index < -0.39 is 0 Å². The average molecular weight is 325 g/mol. The molecule has 1 saturated heterocycles. The summed E-state index contributed by atoms with van der Waals surface area (Å²) in [6.07, 6.45) is 2.75. The smallest absolute Gasteiger partial charge is 0.243 e. The fourth-order valence-electron chi connectivity index (χ4n) is 2.86. The number of carbonyl (C=O) groups excluding carboxylic acids is 1. The average Bonchev–Trinajstić information content (AvgIpc) is 2.96. The zero-order chi connectivity index (χ0) is 16.3. The van der Waals surface area contributed by atoms with Gasteiger partial charge in [-0.2, -0.15) is 5.10 Å². The van der Waals surface area contributed by atoms with Crippen molar-refractivity contribution in [1.29, 1.82) is 0 Å². The van der Waals surface area contributed by atoms with Crippen LogP contribution in [0.4, 0.5) is 0 Å².